The van der Waals surface area contributed by atoms with Crippen LogP contribution in [0.3, 0.4) is 0 Å². The molecule has 3 rings (SSSR count). The first-order chi connectivity index (χ1) is 16.2. The van der Waals surface area contributed by atoms with Gasteiger partial charge in [-0.2, -0.15) is 0 Å². The van der Waals surface area contributed by atoms with E-state index >= 15 is 4.39 Å². The van der Waals surface area contributed by atoms with Gasteiger partial charge in [0.2, 0.25) is 5.91 Å². The predicted molar refractivity (Wildman–Crippen MR) is 133 cm³/mol. The van der Waals surface area contributed by atoms with E-state index < -0.39 is 46.9 Å². The molecule has 9 heteroatoms. The van der Waals surface area contributed by atoms with Crippen molar-refractivity contribution in [1.82, 2.24) is 10.3 Å². The molecular weight excluding hydrogens is 471 g/mol. The molecule has 0 aromatic carbocycles. The van der Waals surface area contributed by atoms with Crippen LogP contribution < -0.4 is 5.32 Å². The third-order valence-corrected chi connectivity index (χ3v) is 8.56. The van der Waals surface area contributed by atoms with Crippen LogP contribution in [0, 0.1) is 24.2 Å². The van der Waals surface area contributed by atoms with Gasteiger partial charge in [0.15, 0.2) is 0 Å². The first-order valence-corrected chi connectivity index (χ1v) is 13.3. The molecule has 0 bridgehead atoms. The number of carbonyl (C=O) groups is 2. The van der Waals surface area contributed by atoms with Crippen LogP contribution in [0.2, 0.25) is 0 Å². The number of thiazole rings is 1. The summed E-state index contributed by atoms with van der Waals surface area (Å²) in [5.74, 6) is -2.20. The maximum atomic E-state index is 15.3. The summed E-state index contributed by atoms with van der Waals surface area (Å²) < 4.78 is 21.3. The summed E-state index contributed by atoms with van der Waals surface area (Å²) in [5, 5.41) is 26.9. The van der Waals surface area contributed by atoms with Crippen LogP contribution in [0.5, 0.6) is 0 Å². The van der Waals surface area contributed by atoms with Crippen LogP contribution >= 0.6 is 11.3 Å². The number of aryl methyl sites for hydroxylation is 1. The standard InChI is InChI=1S/C26H39FN2O5S/c1-14-8-7-9-26(6)21(34-26)11-19(18(27)10-17-13-35-16(3)28-17)29-22(31)12-20(30)25(4,5)24(33)15(2)23(14)32/h10,13-15,19-21,23,30,32H,7-9,11-12H2,1-6H3,(H,29,31)/t14-,15+,19-,20-,21?,23-,26?/m0/s1. The van der Waals surface area contributed by atoms with Crippen LogP contribution in [0.4, 0.5) is 4.39 Å². The highest BCUT2D eigenvalue weighted by molar-refractivity contribution is 7.09. The zero-order valence-corrected chi connectivity index (χ0v) is 22.3. The fraction of sp³-hybridized carbons (Fsp3) is 0.731. The van der Waals surface area contributed by atoms with Crippen molar-refractivity contribution >= 4 is 29.1 Å². The molecule has 1 aromatic heterocycles. The predicted octanol–water partition coefficient (Wildman–Crippen LogP) is 3.96. The molecule has 7 atom stereocenters. The van der Waals surface area contributed by atoms with E-state index in [1.165, 1.54) is 17.4 Å². The average molecular weight is 511 g/mol. The lowest BCUT2D eigenvalue weighted by Gasteiger charge is -2.34. The quantitative estimate of drug-likeness (QED) is 0.520. The van der Waals surface area contributed by atoms with Crippen LogP contribution in [-0.2, 0) is 14.3 Å². The number of nitrogens with one attached hydrogen (secondary N) is 1. The molecule has 1 amide bonds. The summed E-state index contributed by atoms with van der Waals surface area (Å²) in [5.41, 5.74) is -1.20. The van der Waals surface area contributed by atoms with Gasteiger partial charge >= 0.3 is 0 Å². The van der Waals surface area contributed by atoms with E-state index in [9.17, 15) is 19.8 Å². The number of Topliss-reactive ketones (excluding diaryl/α,β-unsaturated/α-hetero) is 1. The van der Waals surface area contributed by atoms with Gasteiger partial charge in [0.25, 0.3) is 0 Å². The normalized spacial score (nSPS) is 37.5. The molecule has 196 valence electrons. The molecule has 1 aromatic rings. The zero-order valence-electron chi connectivity index (χ0n) is 21.5. The van der Waals surface area contributed by atoms with Crippen LogP contribution in [0.15, 0.2) is 11.2 Å². The number of aliphatic hydroxyl groups excluding tert-OH is 2. The topological polar surface area (TPSA) is 112 Å². The van der Waals surface area contributed by atoms with Gasteiger partial charge in [-0.05, 0) is 38.7 Å². The van der Waals surface area contributed by atoms with E-state index in [0.29, 0.717) is 12.1 Å². The fourth-order valence-corrected chi connectivity index (χ4v) is 5.55. The molecule has 0 radical (unpaired) electrons. The van der Waals surface area contributed by atoms with Crippen molar-refractivity contribution in [2.24, 2.45) is 17.3 Å². The van der Waals surface area contributed by atoms with E-state index in [2.05, 4.69) is 10.3 Å². The zero-order chi connectivity index (χ0) is 26.1. The minimum atomic E-state index is -1.29. The van der Waals surface area contributed by atoms with Crippen LogP contribution in [0.25, 0.3) is 6.08 Å². The summed E-state index contributed by atoms with van der Waals surface area (Å²) in [4.78, 5) is 30.3. The second-order valence-electron chi connectivity index (χ2n) is 11.1. The Bertz CT molecular complexity index is 963. The second kappa shape index (κ2) is 10.7. The van der Waals surface area contributed by atoms with Crippen LogP contribution in [0.1, 0.15) is 77.4 Å². The van der Waals surface area contributed by atoms with E-state index in [4.69, 9.17) is 4.74 Å². The van der Waals surface area contributed by atoms with Gasteiger partial charge in [0.1, 0.15) is 11.6 Å². The minimum absolute atomic E-state index is 0.117. The molecule has 2 aliphatic heterocycles. The monoisotopic (exact) mass is 510 g/mol. The van der Waals surface area contributed by atoms with E-state index in [-0.39, 0.29) is 30.6 Å². The number of aromatic nitrogens is 1. The van der Waals surface area contributed by atoms with Crippen molar-refractivity contribution < 1.29 is 28.9 Å². The first kappa shape index (κ1) is 27.9. The summed E-state index contributed by atoms with van der Waals surface area (Å²) in [6.07, 6.45) is 1.08. The van der Waals surface area contributed by atoms with Crippen LogP contribution in [-0.4, -0.2) is 56.8 Å². The largest absolute Gasteiger partial charge is 0.392 e. The Morgan fingerprint density at radius 2 is 1.97 bits per heavy atom. The van der Waals surface area contributed by atoms with Gasteiger partial charge in [-0.3, -0.25) is 9.59 Å². The summed E-state index contributed by atoms with van der Waals surface area (Å²) in [6.45, 7) is 10.6. The third-order valence-electron chi connectivity index (χ3n) is 7.76. The highest BCUT2D eigenvalue weighted by Gasteiger charge is 2.52. The van der Waals surface area contributed by atoms with E-state index in [1.54, 1.807) is 26.2 Å². The molecule has 2 aliphatic rings. The molecule has 0 spiro atoms. The number of nitrogens with zero attached hydrogens (tertiary/aromatic N) is 1. The van der Waals surface area contributed by atoms with Gasteiger partial charge in [-0.25, -0.2) is 9.37 Å². The Kier molecular flexibility index (Phi) is 8.57. The Hall–Kier alpha value is -1.68. The highest BCUT2D eigenvalue weighted by atomic mass is 32.1. The molecule has 0 saturated carbocycles. The van der Waals surface area contributed by atoms with Gasteiger partial charge in [0.05, 0.1) is 52.5 Å². The maximum absolute atomic E-state index is 15.3. The summed E-state index contributed by atoms with van der Waals surface area (Å²) >= 11 is 1.41. The molecule has 7 nitrogen and oxygen atoms in total. The number of fused-ring (bicyclic) bond motifs is 1. The second-order valence-corrected chi connectivity index (χ2v) is 12.1. The van der Waals surface area contributed by atoms with Crippen molar-refractivity contribution in [3.63, 3.8) is 0 Å². The molecule has 3 N–H and O–H groups in total. The highest BCUT2D eigenvalue weighted by Crippen LogP contribution is 2.44. The van der Waals surface area contributed by atoms with E-state index in [0.717, 1.165) is 17.8 Å². The number of carbonyl (C=O) groups excluding carboxylic acids is 2. The molecule has 3 heterocycles. The van der Waals surface area contributed by atoms with Crippen molar-refractivity contribution in [3.05, 3.63) is 21.9 Å². The van der Waals surface area contributed by atoms with Gasteiger partial charge < -0.3 is 20.3 Å². The van der Waals surface area contributed by atoms with Gasteiger partial charge in [-0.15, -0.1) is 11.3 Å². The number of halogens is 1. The number of amides is 1. The number of ether oxygens (including phenoxy) is 1. The molecule has 35 heavy (non-hydrogen) atoms. The summed E-state index contributed by atoms with van der Waals surface area (Å²) in [6, 6.07) is -0.935. The third kappa shape index (κ3) is 6.56. The van der Waals surface area contributed by atoms with Gasteiger partial charge in [0, 0.05) is 17.7 Å². The fourth-order valence-electron chi connectivity index (χ4n) is 4.98. The lowest BCUT2D eigenvalue weighted by atomic mass is 9.72. The Morgan fingerprint density at radius 3 is 2.60 bits per heavy atom. The minimum Gasteiger partial charge on any atom is -0.392 e. The van der Waals surface area contributed by atoms with Gasteiger partial charge in [-0.1, -0.05) is 34.1 Å². The van der Waals surface area contributed by atoms with Crippen molar-refractivity contribution in [3.8, 4) is 0 Å². The molecule has 0 aliphatic carbocycles. The lowest BCUT2D eigenvalue weighted by molar-refractivity contribution is -0.143. The van der Waals surface area contributed by atoms with Crippen molar-refractivity contribution in [2.75, 3.05) is 0 Å². The number of rotatable bonds is 2. The van der Waals surface area contributed by atoms with E-state index in [1.807, 2.05) is 20.8 Å². The van der Waals surface area contributed by atoms with Crippen molar-refractivity contribution in [2.45, 2.75) is 104 Å². The SMILES string of the molecule is Cc1nc(C=C(F)[C@@H]2CC3OC3(C)CCC[C@H](C)[C@H](O)[C@@H](C)C(=O)C(C)(C)[C@@H](O)CC(=O)N2)cs1. The average Bonchev–Trinajstić information content (AvgIpc) is 3.22. The molecule has 2 unspecified atom stereocenters. The Morgan fingerprint density at radius 1 is 1.29 bits per heavy atom. The first-order valence-electron chi connectivity index (χ1n) is 12.4. The van der Waals surface area contributed by atoms with Crippen molar-refractivity contribution in [1.29, 1.82) is 0 Å². The number of aliphatic hydroxyl groups is 2. The number of hydrogen-bond acceptors (Lipinski definition) is 7. The maximum Gasteiger partial charge on any atom is 0.223 e. The lowest BCUT2D eigenvalue weighted by Crippen LogP contribution is -2.47. The molecular formula is C26H39FN2O5S. The Labute approximate surface area is 211 Å². The molecule has 2 fully saturated rings. The number of epoxide rings is 1. The number of hydrogen-bond donors (Lipinski definition) is 3. The smallest absolute Gasteiger partial charge is 0.223 e. The Balaban J connectivity index is 1.85. The molecule has 2 saturated heterocycles. The number of ketones is 1. The summed E-state index contributed by atoms with van der Waals surface area (Å²) in [7, 11) is 0.